The van der Waals surface area contributed by atoms with Crippen molar-refractivity contribution in [3.63, 3.8) is 0 Å². The molecular weight excluding hydrogens is 359 g/mol. The van der Waals surface area contributed by atoms with Crippen LogP contribution >= 0.6 is 0 Å². The summed E-state index contributed by atoms with van der Waals surface area (Å²) in [7, 11) is 1.52. The van der Waals surface area contributed by atoms with Gasteiger partial charge in [0.2, 0.25) is 0 Å². The van der Waals surface area contributed by atoms with Gasteiger partial charge >= 0.3 is 0 Å². The number of nitrogens with one attached hydrogen (secondary N) is 1. The Morgan fingerprint density at radius 2 is 1.93 bits per heavy atom. The van der Waals surface area contributed by atoms with Crippen molar-refractivity contribution < 1.29 is 14.2 Å². The van der Waals surface area contributed by atoms with Gasteiger partial charge in [0.05, 0.1) is 13.7 Å². The highest BCUT2D eigenvalue weighted by molar-refractivity contribution is 5.81. The molecule has 0 aliphatic rings. The van der Waals surface area contributed by atoms with Crippen molar-refractivity contribution in [2.24, 2.45) is 0 Å². The summed E-state index contributed by atoms with van der Waals surface area (Å²) in [6, 6.07) is 16.2. The SMILES string of the molecule is COc1cccc(F)c1CNc1ccc(-c2ccccc2CO)c2nncn12. The molecule has 0 aliphatic carbocycles. The maximum Gasteiger partial charge on any atom is 0.170 e. The van der Waals surface area contributed by atoms with E-state index in [4.69, 9.17) is 4.74 Å². The van der Waals surface area contributed by atoms with Crippen molar-refractivity contribution in [2.45, 2.75) is 13.2 Å². The third kappa shape index (κ3) is 3.16. The zero-order valence-corrected chi connectivity index (χ0v) is 15.3. The molecule has 0 bridgehead atoms. The minimum atomic E-state index is -0.333. The van der Waals surface area contributed by atoms with Crippen LogP contribution in [-0.2, 0) is 13.2 Å². The predicted molar refractivity (Wildman–Crippen MR) is 105 cm³/mol. The fourth-order valence-corrected chi connectivity index (χ4v) is 3.27. The van der Waals surface area contributed by atoms with E-state index in [2.05, 4.69) is 15.5 Å². The van der Waals surface area contributed by atoms with E-state index >= 15 is 0 Å². The number of nitrogens with zero attached hydrogens (tertiary/aromatic N) is 3. The molecule has 4 aromatic rings. The lowest BCUT2D eigenvalue weighted by Crippen LogP contribution is -2.07. The number of pyridine rings is 1. The van der Waals surface area contributed by atoms with Crippen molar-refractivity contribution in [1.82, 2.24) is 14.6 Å². The number of anilines is 1. The van der Waals surface area contributed by atoms with E-state index in [9.17, 15) is 9.50 Å². The molecule has 7 heteroatoms. The molecule has 0 fully saturated rings. The van der Waals surface area contributed by atoms with E-state index in [-0.39, 0.29) is 19.0 Å². The number of aliphatic hydroxyl groups is 1. The van der Waals surface area contributed by atoms with Crippen molar-refractivity contribution in [3.8, 4) is 16.9 Å². The van der Waals surface area contributed by atoms with Gasteiger partial charge in [-0.3, -0.25) is 4.40 Å². The molecule has 6 nitrogen and oxygen atoms in total. The van der Waals surface area contributed by atoms with Gasteiger partial charge in [-0.25, -0.2) is 4.39 Å². The first-order chi connectivity index (χ1) is 13.7. The van der Waals surface area contributed by atoms with Crippen LogP contribution in [0.1, 0.15) is 11.1 Å². The molecule has 2 heterocycles. The Balaban J connectivity index is 1.71. The van der Waals surface area contributed by atoms with Crippen LogP contribution in [0.25, 0.3) is 16.8 Å². The van der Waals surface area contributed by atoms with Gasteiger partial charge in [0.25, 0.3) is 0 Å². The molecular formula is C21H19FN4O2. The second kappa shape index (κ2) is 7.66. The number of ether oxygens (including phenoxy) is 1. The standard InChI is InChI=1S/C21H19FN4O2/c1-28-19-8-4-7-18(22)17(19)11-23-20-10-9-16(21-25-24-13-26(20)21)15-6-3-2-5-14(15)12-27/h2-10,13,23,27H,11-12H2,1H3. The quantitative estimate of drug-likeness (QED) is 0.536. The highest BCUT2D eigenvalue weighted by Gasteiger charge is 2.14. The van der Waals surface area contributed by atoms with Gasteiger partial charge in [0, 0.05) is 17.7 Å². The van der Waals surface area contributed by atoms with Crippen molar-refractivity contribution in [2.75, 3.05) is 12.4 Å². The van der Waals surface area contributed by atoms with Gasteiger partial charge < -0.3 is 15.2 Å². The Morgan fingerprint density at radius 3 is 2.75 bits per heavy atom. The number of benzene rings is 2. The molecule has 0 spiro atoms. The van der Waals surface area contributed by atoms with Crippen molar-refractivity contribution in [3.05, 3.63) is 77.9 Å². The van der Waals surface area contributed by atoms with E-state index in [0.717, 1.165) is 22.5 Å². The molecule has 0 atom stereocenters. The predicted octanol–water partition coefficient (Wildman–Crippen LogP) is 3.65. The van der Waals surface area contributed by atoms with E-state index in [0.29, 0.717) is 17.0 Å². The Bertz CT molecular complexity index is 1130. The molecule has 0 amide bonds. The van der Waals surface area contributed by atoms with Crippen LogP contribution in [0.15, 0.2) is 60.9 Å². The molecule has 2 aromatic heterocycles. The highest BCUT2D eigenvalue weighted by atomic mass is 19.1. The van der Waals surface area contributed by atoms with Crippen LogP contribution in [0.5, 0.6) is 5.75 Å². The number of aliphatic hydroxyl groups excluding tert-OH is 1. The second-order valence-corrected chi connectivity index (χ2v) is 6.25. The molecule has 4 rings (SSSR count). The Kier molecular flexibility index (Phi) is 4.90. The number of fused-ring (bicyclic) bond motifs is 1. The molecule has 0 radical (unpaired) electrons. The summed E-state index contributed by atoms with van der Waals surface area (Å²) in [5.41, 5.74) is 3.65. The Labute approximate surface area is 161 Å². The lowest BCUT2D eigenvalue weighted by atomic mass is 10.0. The first kappa shape index (κ1) is 17.9. The van der Waals surface area contributed by atoms with Crippen LogP contribution in [-0.4, -0.2) is 26.8 Å². The number of rotatable bonds is 6. The summed E-state index contributed by atoms with van der Waals surface area (Å²) >= 11 is 0. The summed E-state index contributed by atoms with van der Waals surface area (Å²) in [5, 5.41) is 21.1. The van der Waals surface area contributed by atoms with Crippen LogP contribution in [0.3, 0.4) is 0 Å². The maximum absolute atomic E-state index is 14.2. The molecule has 2 aromatic carbocycles. The van der Waals surface area contributed by atoms with E-state index in [1.165, 1.54) is 13.2 Å². The van der Waals surface area contributed by atoms with Gasteiger partial charge in [-0.1, -0.05) is 30.3 Å². The molecule has 2 N–H and O–H groups in total. The summed E-state index contributed by atoms with van der Waals surface area (Å²) < 4.78 is 21.2. The number of hydrogen-bond donors (Lipinski definition) is 2. The molecule has 0 aliphatic heterocycles. The fourth-order valence-electron chi connectivity index (χ4n) is 3.27. The fraction of sp³-hybridized carbons (Fsp3) is 0.143. The van der Waals surface area contributed by atoms with E-state index in [1.54, 1.807) is 22.9 Å². The smallest absolute Gasteiger partial charge is 0.170 e. The van der Waals surface area contributed by atoms with Crippen molar-refractivity contribution >= 4 is 11.5 Å². The topological polar surface area (TPSA) is 71.7 Å². The third-order valence-corrected chi connectivity index (χ3v) is 4.68. The molecule has 142 valence electrons. The average molecular weight is 378 g/mol. The molecule has 0 saturated heterocycles. The van der Waals surface area contributed by atoms with Gasteiger partial charge in [-0.15, -0.1) is 10.2 Å². The first-order valence-corrected chi connectivity index (χ1v) is 8.80. The Morgan fingerprint density at radius 1 is 1.07 bits per heavy atom. The maximum atomic E-state index is 14.2. The van der Waals surface area contributed by atoms with Crippen molar-refractivity contribution in [1.29, 1.82) is 0 Å². The second-order valence-electron chi connectivity index (χ2n) is 6.25. The highest BCUT2D eigenvalue weighted by Crippen LogP contribution is 2.29. The number of hydrogen-bond acceptors (Lipinski definition) is 5. The summed E-state index contributed by atoms with van der Waals surface area (Å²) in [6.07, 6.45) is 1.60. The average Bonchev–Trinajstić information content (AvgIpc) is 3.22. The van der Waals surface area contributed by atoms with Crippen LogP contribution in [0.4, 0.5) is 10.2 Å². The largest absolute Gasteiger partial charge is 0.496 e. The van der Waals surface area contributed by atoms with Gasteiger partial charge in [-0.05, 0) is 35.4 Å². The molecule has 0 saturated carbocycles. The number of aromatic nitrogens is 3. The number of halogens is 1. The molecule has 28 heavy (non-hydrogen) atoms. The molecule has 0 unspecified atom stereocenters. The van der Waals surface area contributed by atoms with Gasteiger partial charge in [-0.2, -0.15) is 0 Å². The lowest BCUT2D eigenvalue weighted by Gasteiger charge is -2.14. The monoisotopic (exact) mass is 378 g/mol. The zero-order valence-electron chi connectivity index (χ0n) is 15.3. The van der Waals surface area contributed by atoms with Crippen LogP contribution < -0.4 is 10.1 Å². The van der Waals surface area contributed by atoms with Gasteiger partial charge in [0.1, 0.15) is 23.7 Å². The van der Waals surface area contributed by atoms with Gasteiger partial charge in [0.15, 0.2) is 5.65 Å². The normalized spacial score (nSPS) is 11.0. The van der Waals surface area contributed by atoms with E-state index in [1.807, 2.05) is 36.4 Å². The first-order valence-electron chi connectivity index (χ1n) is 8.80. The van der Waals surface area contributed by atoms with Crippen LogP contribution in [0.2, 0.25) is 0 Å². The minimum Gasteiger partial charge on any atom is -0.496 e. The zero-order chi connectivity index (χ0) is 19.5. The Hall–Kier alpha value is -3.45. The summed E-state index contributed by atoms with van der Waals surface area (Å²) in [5.74, 6) is 0.872. The van der Waals surface area contributed by atoms with Crippen LogP contribution in [0, 0.1) is 5.82 Å². The summed E-state index contributed by atoms with van der Waals surface area (Å²) in [6.45, 7) is 0.180. The summed E-state index contributed by atoms with van der Waals surface area (Å²) in [4.78, 5) is 0. The minimum absolute atomic E-state index is 0.0659. The van der Waals surface area contributed by atoms with E-state index < -0.39 is 0 Å². The third-order valence-electron chi connectivity index (χ3n) is 4.68. The lowest BCUT2D eigenvalue weighted by molar-refractivity contribution is 0.282. The number of methoxy groups -OCH3 is 1.